The molecule has 0 radical (unpaired) electrons. The number of benzene rings is 1. The van der Waals surface area contributed by atoms with E-state index in [2.05, 4.69) is 10.1 Å². The molecule has 4 heterocycles. The minimum atomic E-state index is -4.57. The van der Waals surface area contributed by atoms with Gasteiger partial charge in [-0.3, -0.25) is 0 Å². The summed E-state index contributed by atoms with van der Waals surface area (Å²) in [5, 5.41) is 14.1. The van der Waals surface area contributed by atoms with E-state index in [1.54, 1.807) is 19.1 Å². The molecular formula is C20H19F3N4O4. The molecule has 2 fully saturated rings. The Morgan fingerprint density at radius 3 is 2.71 bits per heavy atom. The highest BCUT2D eigenvalue weighted by molar-refractivity contribution is 5.65. The topological polar surface area (TPSA) is 104 Å². The lowest BCUT2D eigenvalue weighted by molar-refractivity contribution is -0.167. The number of fused-ring (bicyclic) bond motifs is 2. The summed E-state index contributed by atoms with van der Waals surface area (Å²) in [5.41, 5.74) is 4.85. The van der Waals surface area contributed by atoms with Crippen LogP contribution in [0.5, 0.6) is 0 Å². The van der Waals surface area contributed by atoms with Gasteiger partial charge in [-0.25, -0.2) is 9.50 Å². The van der Waals surface area contributed by atoms with Gasteiger partial charge in [-0.2, -0.15) is 18.3 Å². The molecule has 0 amide bonds. The van der Waals surface area contributed by atoms with Crippen molar-refractivity contribution in [1.82, 2.24) is 14.6 Å². The van der Waals surface area contributed by atoms with Crippen molar-refractivity contribution < 1.29 is 32.5 Å². The molecule has 1 unspecified atom stereocenters. The molecule has 1 aromatic carbocycles. The molecule has 11 heteroatoms. The van der Waals surface area contributed by atoms with Crippen molar-refractivity contribution in [2.45, 2.75) is 43.3 Å². The van der Waals surface area contributed by atoms with Crippen LogP contribution in [-0.2, 0) is 20.4 Å². The maximum atomic E-state index is 13.5. The Morgan fingerprint density at radius 2 is 1.97 bits per heavy atom. The molecule has 5 rings (SSSR count). The number of hydrogen-bond acceptors (Lipinski definition) is 7. The second-order valence-corrected chi connectivity index (χ2v) is 7.71. The van der Waals surface area contributed by atoms with Gasteiger partial charge in [0.25, 0.3) is 0 Å². The van der Waals surface area contributed by atoms with E-state index in [1.807, 2.05) is 0 Å². The van der Waals surface area contributed by atoms with Gasteiger partial charge in [0.1, 0.15) is 35.8 Å². The number of rotatable bonds is 3. The SMILES string of the molecule is C[C@@]12OC(c3ccccc3C(F)(F)F)O[C@@H]1[C@@H](CO)O[C@H]2c1ccc2c(N)ncnn12. The van der Waals surface area contributed by atoms with E-state index in [9.17, 15) is 18.3 Å². The van der Waals surface area contributed by atoms with E-state index < -0.39 is 48.5 Å². The fraction of sp³-hybridized carbons (Fsp3) is 0.400. The highest BCUT2D eigenvalue weighted by Crippen LogP contribution is 2.54. The Morgan fingerprint density at radius 1 is 1.19 bits per heavy atom. The zero-order valence-electron chi connectivity index (χ0n) is 16.3. The number of anilines is 1. The van der Waals surface area contributed by atoms with E-state index in [4.69, 9.17) is 19.9 Å². The van der Waals surface area contributed by atoms with E-state index >= 15 is 0 Å². The highest BCUT2D eigenvalue weighted by atomic mass is 19.4. The average Bonchev–Trinajstić information content (AvgIpc) is 3.38. The van der Waals surface area contributed by atoms with Crippen LogP contribution in [0.1, 0.15) is 36.1 Å². The molecule has 0 aliphatic carbocycles. The van der Waals surface area contributed by atoms with Gasteiger partial charge in [0.05, 0.1) is 17.9 Å². The maximum Gasteiger partial charge on any atom is 0.416 e. The van der Waals surface area contributed by atoms with E-state index in [-0.39, 0.29) is 11.4 Å². The number of hydrogen-bond donors (Lipinski definition) is 2. The third-order valence-electron chi connectivity index (χ3n) is 5.85. The highest BCUT2D eigenvalue weighted by Gasteiger charge is 2.62. The summed E-state index contributed by atoms with van der Waals surface area (Å²) < 4.78 is 60.2. The molecule has 3 N–H and O–H groups in total. The van der Waals surface area contributed by atoms with Crippen molar-refractivity contribution in [2.75, 3.05) is 12.3 Å². The second kappa shape index (κ2) is 6.89. The summed E-state index contributed by atoms with van der Waals surface area (Å²) in [6.45, 7) is 1.30. The first-order valence-electron chi connectivity index (χ1n) is 9.58. The molecule has 164 valence electrons. The second-order valence-electron chi connectivity index (χ2n) is 7.71. The Kier molecular flexibility index (Phi) is 4.49. The summed E-state index contributed by atoms with van der Waals surface area (Å²) in [7, 11) is 0. The van der Waals surface area contributed by atoms with Gasteiger partial charge in [0.2, 0.25) is 0 Å². The molecular weight excluding hydrogens is 417 g/mol. The Hall–Kier alpha value is -2.73. The van der Waals surface area contributed by atoms with Crippen molar-refractivity contribution in [3.8, 4) is 0 Å². The lowest BCUT2D eigenvalue weighted by atomic mass is 9.91. The number of aliphatic hydroxyl groups is 1. The first-order valence-corrected chi connectivity index (χ1v) is 9.58. The van der Waals surface area contributed by atoms with Crippen LogP contribution in [0.15, 0.2) is 42.7 Å². The summed E-state index contributed by atoms with van der Waals surface area (Å²) in [4.78, 5) is 3.95. The van der Waals surface area contributed by atoms with Crippen molar-refractivity contribution in [1.29, 1.82) is 0 Å². The van der Waals surface area contributed by atoms with Crippen molar-refractivity contribution in [3.63, 3.8) is 0 Å². The van der Waals surface area contributed by atoms with Gasteiger partial charge in [0, 0.05) is 5.56 Å². The fourth-order valence-electron chi connectivity index (χ4n) is 4.41. The van der Waals surface area contributed by atoms with Crippen LogP contribution < -0.4 is 5.73 Å². The summed E-state index contributed by atoms with van der Waals surface area (Å²) >= 11 is 0. The lowest BCUT2D eigenvalue weighted by Gasteiger charge is -2.28. The van der Waals surface area contributed by atoms with Crippen molar-refractivity contribution in [3.05, 3.63) is 59.5 Å². The minimum absolute atomic E-state index is 0.132. The third-order valence-corrected chi connectivity index (χ3v) is 5.85. The number of nitrogen functional groups attached to an aromatic ring is 1. The molecule has 2 saturated heterocycles. The number of halogens is 3. The molecule has 5 atom stereocenters. The third kappa shape index (κ3) is 2.99. The number of nitrogens with zero attached hydrogens (tertiary/aromatic N) is 3. The fourth-order valence-corrected chi connectivity index (χ4v) is 4.41. The Labute approximate surface area is 174 Å². The van der Waals surface area contributed by atoms with E-state index in [1.165, 1.54) is 29.0 Å². The molecule has 2 aliphatic heterocycles. The van der Waals surface area contributed by atoms with Gasteiger partial charge >= 0.3 is 6.18 Å². The summed E-state index contributed by atoms with van der Waals surface area (Å²) in [5.74, 6) is 0.264. The zero-order valence-corrected chi connectivity index (χ0v) is 16.3. The molecule has 0 bridgehead atoms. The normalized spacial score (nSPS) is 30.7. The van der Waals surface area contributed by atoms with Crippen LogP contribution in [0, 0.1) is 0 Å². The average molecular weight is 436 g/mol. The summed E-state index contributed by atoms with van der Waals surface area (Å²) in [6, 6.07) is 8.55. The monoisotopic (exact) mass is 436 g/mol. The van der Waals surface area contributed by atoms with Crippen LogP contribution in [0.3, 0.4) is 0 Å². The van der Waals surface area contributed by atoms with Gasteiger partial charge in [-0.05, 0) is 25.1 Å². The van der Waals surface area contributed by atoms with Gasteiger partial charge in [0.15, 0.2) is 12.1 Å². The van der Waals surface area contributed by atoms with Crippen LogP contribution in [0.25, 0.3) is 5.52 Å². The van der Waals surface area contributed by atoms with Crippen LogP contribution in [0.4, 0.5) is 19.0 Å². The number of ether oxygens (including phenoxy) is 3. The molecule has 2 aliphatic rings. The van der Waals surface area contributed by atoms with E-state index in [0.717, 1.165) is 6.07 Å². The molecule has 3 aromatic rings. The number of nitrogens with two attached hydrogens (primary N) is 1. The predicted molar refractivity (Wildman–Crippen MR) is 101 cm³/mol. The van der Waals surface area contributed by atoms with Crippen LogP contribution >= 0.6 is 0 Å². The molecule has 8 nitrogen and oxygen atoms in total. The van der Waals surface area contributed by atoms with Gasteiger partial charge in [-0.1, -0.05) is 18.2 Å². The number of alkyl halides is 3. The van der Waals surface area contributed by atoms with Crippen molar-refractivity contribution >= 4 is 11.3 Å². The molecule has 0 saturated carbocycles. The minimum Gasteiger partial charge on any atom is -0.394 e. The standard InChI is InChI=1S/C20H19F3N4O4/c1-19-15(12-6-7-13-17(24)25-9-26-27(12)13)29-14(8-28)16(19)30-18(31-19)10-4-2-3-5-11(10)20(21,22)23/h2-7,9,14-16,18,28H,8H2,1H3,(H2,24,25,26)/t14-,15+,16-,18?,19+/m1/s1. The van der Waals surface area contributed by atoms with E-state index in [0.29, 0.717) is 11.2 Å². The smallest absolute Gasteiger partial charge is 0.394 e. The first kappa shape index (κ1) is 20.2. The quantitative estimate of drug-likeness (QED) is 0.651. The molecule has 31 heavy (non-hydrogen) atoms. The molecule has 2 aromatic heterocycles. The zero-order chi connectivity index (χ0) is 22.0. The van der Waals surface area contributed by atoms with Crippen molar-refractivity contribution in [2.24, 2.45) is 0 Å². The number of aliphatic hydroxyl groups excluding tert-OH is 1. The first-order chi connectivity index (χ1) is 14.7. The Bertz CT molecular complexity index is 1140. The van der Waals surface area contributed by atoms with Crippen LogP contribution in [-0.4, -0.2) is 44.1 Å². The predicted octanol–water partition coefficient (Wildman–Crippen LogP) is 2.64. The summed E-state index contributed by atoms with van der Waals surface area (Å²) in [6.07, 6.45) is -6.95. The van der Waals surface area contributed by atoms with Gasteiger partial charge < -0.3 is 25.1 Å². The maximum absolute atomic E-state index is 13.5. The largest absolute Gasteiger partial charge is 0.416 e. The molecule has 0 spiro atoms. The van der Waals surface area contributed by atoms with Crippen LogP contribution in [0.2, 0.25) is 0 Å². The lowest BCUT2D eigenvalue weighted by Crippen LogP contribution is -2.40. The van der Waals surface area contributed by atoms with Gasteiger partial charge in [-0.15, -0.1) is 0 Å². The Balaban J connectivity index is 1.56. The number of aromatic nitrogens is 3.